The second kappa shape index (κ2) is 4.79. The first-order valence-corrected chi connectivity index (χ1v) is 6.43. The summed E-state index contributed by atoms with van der Waals surface area (Å²) in [5, 5.41) is 36.3. The summed E-state index contributed by atoms with van der Waals surface area (Å²) in [6, 6.07) is 1.62. The van der Waals surface area contributed by atoms with Crippen LogP contribution >= 0.6 is 12.2 Å². The molecule has 0 spiro atoms. The van der Waals surface area contributed by atoms with Gasteiger partial charge < -0.3 is 30.8 Å². The van der Waals surface area contributed by atoms with Crippen molar-refractivity contribution in [2.24, 2.45) is 0 Å². The zero-order valence-corrected chi connectivity index (χ0v) is 11.1. The number of aliphatic hydroxyl groups is 3. The SMILES string of the molecule is Nc1cc2c([C@H]3O[C@@H](CO)[C@@H](O)[C@@H]3O)[nH]nc2c(=S)[nH]1. The summed E-state index contributed by atoms with van der Waals surface area (Å²) < 4.78 is 5.83. The van der Waals surface area contributed by atoms with Crippen LogP contribution in [0.2, 0.25) is 0 Å². The van der Waals surface area contributed by atoms with Crippen LogP contribution in [-0.2, 0) is 4.74 Å². The third kappa shape index (κ3) is 1.91. The van der Waals surface area contributed by atoms with E-state index in [9.17, 15) is 10.2 Å². The number of rotatable bonds is 2. The molecule has 3 rings (SSSR count). The summed E-state index contributed by atoms with van der Waals surface area (Å²) >= 11 is 5.12. The molecular formula is C11H14N4O4S. The van der Waals surface area contributed by atoms with E-state index in [4.69, 9.17) is 27.8 Å². The van der Waals surface area contributed by atoms with Gasteiger partial charge in [-0.2, -0.15) is 5.10 Å². The molecule has 1 aliphatic rings. The van der Waals surface area contributed by atoms with E-state index in [1.54, 1.807) is 6.07 Å². The molecule has 0 amide bonds. The maximum atomic E-state index is 10.0. The predicted octanol–water partition coefficient (Wildman–Crippen LogP) is -0.643. The van der Waals surface area contributed by atoms with E-state index in [1.165, 1.54) is 0 Å². The Bertz CT molecular complexity index is 699. The number of H-pyrrole nitrogens is 2. The first-order valence-electron chi connectivity index (χ1n) is 6.02. The Kier molecular flexibility index (Phi) is 3.22. The number of hydrogen-bond donors (Lipinski definition) is 6. The van der Waals surface area contributed by atoms with Crippen LogP contribution in [-0.4, -0.2) is 55.4 Å². The summed E-state index contributed by atoms with van der Waals surface area (Å²) in [7, 11) is 0. The highest BCUT2D eigenvalue weighted by atomic mass is 32.1. The monoisotopic (exact) mass is 298 g/mol. The van der Waals surface area contributed by atoms with Crippen molar-refractivity contribution in [1.29, 1.82) is 0 Å². The van der Waals surface area contributed by atoms with E-state index < -0.39 is 24.4 Å². The van der Waals surface area contributed by atoms with Crippen molar-refractivity contribution in [3.05, 3.63) is 16.4 Å². The van der Waals surface area contributed by atoms with Gasteiger partial charge in [-0.05, 0) is 6.07 Å². The molecule has 1 aliphatic heterocycles. The van der Waals surface area contributed by atoms with Gasteiger partial charge in [-0.15, -0.1) is 0 Å². The number of nitrogens with zero attached hydrogens (tertiary/aromatic N) is 1. The molecule has 0 aromatic carbocycles. The lowest BCUT2D eigenvalue weighted by molar-refractivity contribution is -0.0235. The number of nitrogens with one attached hydrogen (secondary N) is 2. The van der Waals surface area contributed by atoms with Crippen molar-refractivity contribution in [2.75, 3.05) is 12.3 Å². The maximum absolute atomic E-state index is 10.0. The highest BCUT2D eigenvalue weighted by molar-refractivity contribution is 7.71. The van der Waals surface area contributed by atoms with Gasteiger partial charge in [0, 0.05) is 5.39 Å². The molecule has 0 radical (unpaired) electrons. The van der Waals surface area contributed by atoms with E-state index in [0.29, 0.717) is 27.1 Å². The number of ether oxygens (including phenoxy) is 1. The van der Waals surface area contributed by atoms with Gasteiger partial charge in [0.05, 0.1) is 12.3 Å². The maximum Gasteiger partial charge on any atom is 0.133 e. The second-order valence-electron chi connectivity index (χ2n) is 4.71. The first kappa shape index (κ1) is 13.5. The lowest BCUT2D eigenvalue weighted by Gasteiger charge is -2.13. The molecule has 108 valence electrons. The van der Waals surface area contributed by atoms with Crippen LogP contribution < -0.4 is 5.73 Å². The van der Waals surface area contributed by atoms with Gasteiger partial charge in [-0.1, -0.05) is 12.2 Å². The molecule has 1 fully saturated rings. The van der Waals surface area contributed by atoms with E-state index in [1.807, 2.05) is 0 Å². The third-order valence-electron chi connectivity index (χ3n) is 3.43. The van der Waals surface area contributed by atoms with Crippen LogP contribution in [0.5, 0.6) is 0 Å². The van der Waals surface area contributed by atoms with Gasteiger partial charge in [0.2, 0.25) is 0 Å². The van der Waals surface area contributed by atoms with Gasteiger partial charge in [0.1, 0.15) is 40.4 Å². The molecule has 20 heavy (non-hydrogen) atoms. The van der Waals surface area contributed by atoms with Gasteiger partial charge in [-0.25, -0.2) is 0 Å². The Morgan fingerprint density at radius 2 is 2.15 bits per heavy atom. The number of aromatic amines is 2. The van der Waals surface area contributed by atoms with Crippen molar-refractivity contribution >= 4 is 28.9 Å². The topological polar surface area (TPSA) is 140 Å². The van der Waals surface area contributed by atoms with Crippen LogP contribution in [0.4, 0.5) is 5.82 Å². The number of anilines is 1. The Hall–Kier alpha value is -1.52. The predicted molar refractivity (Wildman–Crippen MR) is 72.4 cm³/mol. The normalized spacial score (nSPS) is 30.1. The zero-order valence-electron chi connectivity index (χ0n) is 10.3. The quantitative estimate of drug-likeness (QED) is 0.405. The smallest absolute Gasteiger partial charge is 0.133 e. The summed E-state index contributed by atoms with van der Waals surface area (Å²) in [5.74, 6) is 0.358. The molecule has 0 unspecified atom stereocenters. The Morgan fingerprint density at radius 3 is 2.80 bits per heavy atom. The van der Waals surface area contributed by atoms with Gasteiger partial charge in [0.25, 0.3) is 0 Å². The van der Waals surface area contributed by atoms with E-state index >= 15 is 0 Å². The Labute approximate surface area is 118 Å². The number of aliphatic hydroxyl groups excluding tert-OH is 3. The summed E-state index contributed by atoms with van der Waals surface area (Å²) in [6.07, 6.45) is -4.01. The molecule has 2 aromatic heterocycles. The second-order valence-corrected chi connectivity index (χ2v) is 5.12. The molecular weight excluding hydrogens is 284 g/mol. The molecule has 4 atom stereocenters. The third-order valence-corrected chi connectivity index (χ3v) is 3.73. The molecule has 8 nitrogen and oxygen atoms in total. The zero-order chi connectivity index (χ0) is 14.4. The van der Waals surface area contributed by atoms with Gasteiger partial charge in [0.15, 0.2) is 0 Å². The molecule has 1 saturated heterocycles. The summed E-state index contributed by atoms with van der Waals surface area (Å²) in [5.41, 5.74) is 6.68. The number of aromatic nitrogens is 3. The van der Waals surface area contributed by atoms with Crippen LogP contribution in [0.15, 0.2) is 6.07 Å². The molecule has 9 heteroatoms. The molecule has 3 heterocycles. The van der Waals surface area contributed by atoms with E-state index in [2.05, 4.69) is 15.2 Å². The minimum Gasteiger partial charge on any atom is -0.394 e. The minimum absolute atomic E-state index is 0.358. The van der Waals surface area contributed by atoms with E-state index in [-0.39, 0.29) is 6.61 Å². The van der Waals surface area contributed by atoms with Crippen molar-refractivity contribution in [2.45, 2.75) is 24.4 Å². The number of hydrogen-bond acceptors (Lipinski definition) is 7. The van der Waals surface area contributed by atoms with Crippen LogP contribution in [0, 0.1) is 4.64 Å². The van der Waals surface area contributed by atoms with Crippen molar-refractivity contribution in [1.82, 2.24) is 15.2 Å². The highest BCUT2D eigenvalue weighted by Crippen LogP contribution is 2.36. The van der Waals surface area contributed by atoms with Gasteiger partial charge in [-0.3, -0.25) is 5.10 Å². The fourth-order valence-electron chi connectivity index (χ4n) is 2.42. The minimum atomic E-state index is -1.17. The number of nitrogens with two attached hydrogens (primary N) is 1. The van der Waals surface area contributed by atoms with Crippen LogP contribution in [0.3, 0.4) is 0 Å². The van der Waals surface area contributed by atoms with Gasteiger partial charge >= 0.3 is 0 Å². The average Bonchev–Trinajstić information content (AvgIpc) is 2.93. The van der Waals surface area contributed by atoms with Crippen LogP contribution in [0.25, 0.3) is 10.9 Å². The first-order chi connectivity index (χ1) is 9.52. The van der Waals surface area contributed by atoms with Crippen molar-refractivity contribution < 1.29 is 20.1 Å². The highest BCUT2D eigenvalue weighted by Gasteiger charge is 2.44. The standard InChI is InChI=1S/C11H14N4O4S/c12-5-1-3-6(14-15-7(3)11(20)13-5)10-9(18)8(17)4(2-16)19-10/h1,4,8-10,16-18H,2H2,(H,14,15)(H3,12,13,20)/t4-,8+,9-,10+/m0/s1. The Balaban J connectivity index is 2.09. The number of nitrogen functional groups attached to an aromatic ring is 1. The molecule has 0 aliphatic carbocycles. The largest absolute Gasteiger partial charge is 0.394 e. The number of pyridine rings is 1. The van der Waals surface area contributed by atoms with E-state index in [0.717, 1.165) is 0 Å². The van der Waals surface area contributed by atoms with Crippen LogP contribution in [0.1, 0.15) is 11.8 Å². The number of fused-ring (bicyclic) bond motifs is 1. The fourth-order valence-corrected chi connectivity index (χ4v) is 2.69. The summed E-state index contributed by atoms with van der Waals surface area (Å²) in [4.78, 5) is 2.77. The average molecular weight is 298 g/mol. The lowest BCUT2D eigenvalue weighted by atomic mass is 10.0. The molecule has 2 aromatic rings. The summed E-state index contributed by atoms with van der Waals surface area (Å²) in [6.45, 7) is -0.386. The Morgan fingerprint density at radius 1 is 1.40 bits per heavy atom. The molecule has 0 bridgehead atoms. The molecule has 7 N–H and O–H groups in total. The van der Waals surface area contributed by atoms with Crippen molar-refractivity contribution in [3.8, 4) is 0 Å². The molecule has 0 saturated carbocycles. The lowest BCUT2D eigenvalue weighted by Crippen LogP contribution is -2.32. The van der Waals surface area contributed by atoms with Crippen molar-refractivity contribution in [3.63, 3.8) is 0 Å². The fraction of sp³-hybridized carbons (Fsp3) is 0.455.